The third-order valence-electron chi connectivity index (χ3n) is 4.66. The second-order valence-electron chi connectivity index (χ2n) is 6.41. The van der Waals surface area contributed by atoms with Gasteiger partial charge in [-0.1, -0.05) is 91.0 Å². The van der Waals surface area contributed by atoms with Crippen molar-refractivity contribution >= 4 is 0 Å². The molecule has 0 heterocycles. The van der Waals surface area contributed by atoms with Gasteiger partial charge < -0.3 is 9.84 Å². The minimum Gasteiger partial charge on any atom is -0.396 e. The number of ether oxygens (including phenoxy) is 1. The zero-order chi connectivity index (χ0) is 18.1. The molecule has 134 valence electrons. The van der Waals surface area contributed by atoms with E-state index >= 15 is 0 Å². The van der Waals surface area contributed by atoms with Crippen molar-refractivity contribution in [3.05, 3.63) is 108 Å². The van der Waals surface area contributed by atoms with E-state index < -0.39 is 5.60 Å². The van der Waals surface area contributed by atoms with Crippen LogP contribution in [-0.2, 0) is 10.3 Å². The topological polar surface area (TPSA) is 29.5 Å². The molecule has 0 atom stereocenters. The number of aliphatic hydroxyl groups is 1. The van der Waals surface area contributed by atoms with Gasteiger partial charge in [0.15, 0.2) is 0 Å². The molecule has 0 aliphatic heterocycles. The number of unbranched alkanes of at least 4 members (excludes halogenated alkanes) is 2. The van der Waals surface area contributed by atoms with Crippen LogP contribution in [0.2, 0.25) is 0 Å². The third-order valence-corrected chi connectivity index (χ3v) is 4.66. The van der Waals surface area contributed by atoms with Gasteiger partial charge in [-0.25, -0.2) is 0 Å². The zero-order valence-electron chi connectivity index (χ0n) is 15.1. The van der Waals surface area contributed by atoms with Crippen LogP contribution in [0.3, 0.4) is 0 Å². The van der Waals surface area contributed by atoms with Crippen molar-refractivity contribution in [1.29, 1.82) is 0 Å². The highest BCUT2D eigenvalue weighted by atomic mass is 16.5. The van der Waals surface area contributed by atoms with Crippen molar-refractivity contribution in [3.8, 4) is 0 Å². The number of hydrogen-bond acceptors (Lipinski definition) is 2. The van der Waals surface area contributed by atoms with Crippen LogP contribution in [0.5, 0.6) is 0 Å². The minimum absolute atomic E-state index is 0.237. The Morgan fingerprint density at radius 2 is 1.00 bits per heavy atom. The van der Waals surface area contributed by atoms with Crippen LogP contribution in [0.25, 0.3) is 0 Å². The van der Waals surface area contributed by atoms with E-state index in [1.165, 1.54) is 0 Å². The molecule has 0 saturated carbocycles. The third kappa shape index (κ3) is 4.04. The van der Waals surface area contributed by atoms with Crippen molar-refractivity contribution in [2.24, 2.45) is 0 Å². The summed E-state index contributed by atoms with van der Waals surface area (Å²) in [5.41, 5.74) is 2.74. The van der Waals surface area contributed by atoms with Crippen LogP contribution in [0.4, 0.5) is 0 Å². The normalized spacial score (nSPS) is 11.4. The van der Waals surface area contributed by atoms with Gasteiger partial charge in [0.1, 0.15) is 5.60 Å². The number of rotatable bonds is 9. The molecule has 0 spiro atoms. The molecule has 3 aromatic rings. The summed E-state index contributed by atoms with van der Waals surface area (Å²) in [6.45, 7) is 0.875. The van der Waals surface area contributed by atoms with Gasteiger partial charge in [-0.2, -0.15) is 0 Å². The molecule has 0 saturated heterocycles. The first-order valence-electron chi connectivity index (χ1n) is 9.29. The van der Waals surface area contributed by atoms with Crippen LogP contribution in [0, 0.1) is 0 Å². The first kappa shape index (κ1) is 18.4. The van der Waals surface area contributed by atoms with E-state index in [-0.39, 0.29) is 6.61 Å². The smallest absolute Gasteiger partial charge is 0.143 e. The maximum absolute atomic E-state index is 9.02. The Balaban J connectivity index is 2.06. The molecule has 3 aromatic carbocycles. The lowest BCUT2D eigenvalue weighted by Crippen LogP contribution is -2.33. The van der Waals surface area contributed by atoms with Crippen LogP contribution in [0.15, 0.2) is 91.0 Å². The van der Waals surface area contributed by atoms with Crippen molar-refractivity contribution in [2.45, 2.75) is 24.9 Å². The monoisotopic (exact) mass is 346 g/mol. The number of hydrogen-bond donors (Lipinski definition) is 1. The average Bonchev–Trinajstić information content (AvgIpc) is 2.73. The van der Waals surface area contributed by atoms with E-state index in [4.69, 9.17) is 9.84 Å². The van der Waals surface area contributed by atoms with Crippen molar-refractivity contribution < 1.29 is 9.84 Å². The SMILES string of the molecule is OCCCCCOC(c1ccccc1)(c1ccccc1)c1ccccc1. The van der Waals surface area contributed by atoms with E-state index in [1.807, 2.05) is 18.2 Å². The van der Waals surface area contributed by atoms with Gasteiger partial charge in [-0.05, 0) is 36.0 Å². The lowest BCUT2D eigenvalue weighted by Gasteiger charge is -2.36. The van der Waals surface area contributed by atoms with Gasteiger partial charge in [0, 0.05) is 13.2 Å². The Morgan fingerprint density at radius 3 is 1.38 bits per heavy atom. The molecule has 0 fully saturated rings. The number of benzene rings is 3. The van der Waals surface area contributed by atoms with Gasteiger partial charge in [0.05, 0.1) is 0 Å². The van der Waals surface area contributed by atoms with Crippen molar-refractivity contribution in [3.63, 3.8) is 0 Å². The Bertz CT molecular complexity index is 657. The molecule has 3 rings (SSSR count). The minimum atomic E-state index is -0.636. The van der Waals surface area contributed by atoms with Crippen LogP contribution in [-0.4, -0.2) is 18.3 Å². The van der Waals surface area contributed by atoms with Crippen LogP contribution < -0.4 is 0 Å². The van der Waals surface area contributed by atoms with E-state index in [2.05, 4.69) is 72.8 Å². The molecule has 0 amide bonds. The molecule has 2 heteroatoms. The lowest BCUT2D eigenvalue weighted by atomic mass is 9.80. The Labute approximate surface area is 156 Å². The fourth-order valence-electron chi connectivity index (χ4n) is 3.38. The van der Waals surface area contributed by atoms with Gasteiger partial charge >= 0.3 is 0 Å². The molecule has 0 aliphatic rings. The molecular weight excluding hydrogens is 320 g/mol. The van der Waals surface area contributed by atoms with Crippen molar-refractivity contribution in [2.75, 3.05) is 13.2 Å². The lowest BCUT2D eigenvalue weighted by molar-refractivity contribution is 0.0103. The zero-order valence-corrected chi connectivity index (χ0v) is 15.1. The summed E-state index contributed by atoms with van der Waals surface area (Å²) >= 11 is 0. The first-order chi connectivity index (χ1) is 12.9. The molecule has 0 bridgehead atoms. The summed E-state index contributed by atoms with van der Waals surface area (Å²) in [7, 11) is 0. The van der Waals surface area contributed by atoms with Gasteiger partial charge in [-0.15, -0.1) is 0 Å². The summed E-state index contributed by atoms with van der Waals surface area (Å²) in [6, 6.07) is 31.3. The van der Waals surface area contributed by atoms with E-state index in [1.54, 1.807) is 0 Å². The molecule has 26 heavy (non-hydrogen) atoms. The predicted molar refractivity (Wildman–Crippen MR) is 106 cm³/mol. The van der Waals surface area contributed by atoms with Crippen LogP contribution in [0.1, 0.15) is 36.0 Å². The number of aliphatic hydroxyl groups excluding tert-OH is 1. The predicted octanol–water partition coefficient (Wildman–Crippen LogP) is 5.16. The molecule has 0 aromatic heterocycles. The summed E-state index contributed by atoms with van der Waals surface area (Å²) in [5, 5.41) is 9.02. The standard InChI is InChI=1S/C24H26O2/c25-19-11-4-12-20-26-24(21-13-5-1-6-14-21,22-15-7-2-8-16-22)23-17-9-3-10-18-23/h1-3,5-10,13-18,25H,4,11-12,19-20H2. The first-order valence-corrected chi connectivity index (χ1v) is 9.29. The quantitative estimate of drug-likeness (QED) is 0.428. The second-order valence-corrected chi connectivity index (χ2v) is 6.41. The van der Waals surface area contributed by atoms with Gasteiger partial charge in [-0.3, -0.25) is 0 Å². The Morgan fingerprint density at radius 1 is 0.577 bits per heavy atom. The molecule has 0 aliphatic carbocycles. The fourth-order valence-corrected chi connectivity index (χ4v) is 3.38. The second kappa shape index (κ2) is 9.33. The van der Waals surface area contributed by atoms with Crippen LogP contribution >= 0.6 is 0 Å². The Kier molecular flexibility index (Phi) is 6.59. The maximum Gasteiger partial charge on any atom is 0.143 e. The highest BCUT2D eigenvalue weighted by Crippen LogP contribution is 2.40. The molecular formula is C24H26O2. The average molecular weight is 346 g/mol. The fraction of sp³-hybridized carbons (Fsp3) is 0.250. The summed E-state index contributed by atoms with van der Waals surface area (Å²) < 4.78 is 6.65. The van der Waals surface area contributed by atoms with Gasteiger partial charge in [0.25, 0.3) is 0 Å². The molecule has 0 radical (unpaired) electrons. The molecule has 1 N–H and O–H groups in total. The molecule has 0 unspecified atom stereocenters. The van der Waals surface area contributed by atoms with E-state index in [0.717, 1.165) is 36.0 Å². The summed E-state index contributed by atoms with van der Waals surface area (Å²) in [6.07, 6.45) is 2.71. The molecule has 2 nitrogen and oxygen atoms in total. The maximum atomic E-state index is 9.02. The largest absolute Gasteiger partial charge is 0.396 e. The van der Waals surface area contributed by atoms with Crippen molar-refractivity contribution in [1.82, 2.24) is 0 Å². The summed E-state index contributed by atoms with van der Waals surface area (Å²) in [5.74, 6) is 0. The van der Waals surface area contributed by atoms with E-state index in [9.17, 15) is 0 Å². The van der Waals surface area contributed by atoms with E-state index in [0.29, 0.717) is 6.61 Å². The Hall–Kier alpha value is -2.42. The highest BCUT2D eigenvalue weighted by Gasteiger charge is 2.37. The highest BCUT2D eigenvalue weighted by molar-refractivity contribution is 5.47. The summed E-state index contributed by atoms with van der Waals surface area (Å²) in [4.78, 5) is 0. The van der Waals surface area contributed by atoms with Gasteiger partial charge in [0.2, 0.25) is 0 Å².